The van der Waals surface area contributed by atoms with Gasteiger partial charge in [-0.3, -0.25) is 4.79 Å². The molecule has 1 heterocycles. The number of benzene rings is 1. The average Bonchev–Trinajstić information content (AvgIpc) is 2.93. The minimum Gasteiger partial charge on any atom is -0.491 e. The van der Waals surface area contributed by atoms with Gasteiger partial charge in [0.15, 0.2) is 17.4 Å². The maximum Gasteiger partial charge on any atom is 0.251 e. The molecule has 2 atom stereocenters. The third-order valence-corrected chi connectivity index (χ3v) is 5.92. The number of hydrogen-bond donors (Lipinski definition) is 1. The van der Waals surface area contributed by atoms with Crippen LogP contribution in [0.1, 0.15) is 10.4 Å². The number of rotatable bonds is 6. The van der Waals surface area contributed by atoms with Crippen LogP contribution in [0.3, 0.4) is 0 Å². The first-order chi connectivity index (χ1) is 11.7. The third-order valence-electron chi connectivity index (χ3n) is 3.96. The second-order valence-electron chi connectivity index (χ2n) is 5.91. The van der Waals surface area contributed by atoms with E-state index in [2.05, 4.69) is 10.1 Å². The fourth-order valence-corrected chi connectivity index (χ4v) is 3.65. The van der Waals surface area contributed by atoms with Crippen molar-refractivity contribution >= 4 is 15.9 Å². The molecule has 1 aromatic carbocycles. The zero-order valence-electron chi connectivity index (χ0n) is 14.1. The summed E-state index contributed by atoms with van der Waals surface area (Å²) in [6.07, 6.45) is 0. The molecule has 0 saturated carbocycles. The van der Waals surface area contributed by atoms with Crippen molar-refractivity contribution < 1.29 is 31.5 Å². The Hall–Kier alpha value is -1.78. The van der Waals surface area contributed by atoms with Gasteiger partial charge in [0.05, 0.1) is 32.1 Å². The number of hydrogen-bond acceptors (Lipinski definition) is 5. The Morgan fingerprint density at radius 1 is 1.32 bits per heavy atom. The van der Waals surface area contributed by atoms with Crippen molar-refractivity contribution in [2.45, 2.75) is 6.04 Å². The van der Waals surface area contributed by atoms with E-state index in [4.69, 9.17) is 4.74 Å². The first-order valence-corrected chi connectivity index (χ1v) is 9.08. The summed E-state index contributed by atoms with van der Waals surface area (Å²) >= 11 is 0. The average molecular weight is 378 g/mol. The van der Waals surface area contributed by atoms with Crippen LogP contribution in [0.15, 0.2) is 12.1 Å². The van der Waals surface area contributed by atoms with Gasteiger partial charge in [-0.2, -0.15) is 0 Å². The first-order valence-electron chi connectivity index (χ1n) is 7.47. The molecule has 7 nitrogen and oxygen atoms in total. The van der Waals surface area contributed by atoms with Crippen molar-refractivity contribution in [2.24, 2.45) is 5.92 Å². The van der Waals surface area contributed by atoms with E-state index in [-0.39, 0.29) is 24.5 Å². The lowest BCUT2D eigenvalue weighted by atomic mass is 10.1. The Morgan fingerprint density at radius 3 is 2.44 bits per heavy atom. The van der Waals surface area contributed by atoms with Crippen molar-refractivity contribution in [1.29, 1.82) is 0 Å². The van der Waals surface area contributed by atoms with Gasteiger partial charge in [0, 0.05) is 25.6 Å². The summed E-state index contributed by atoms with van der Waals surface area (Å²) in [5, 5.41) is 2.58. The number of ether oxygens (including phenoxy) is 2. The van der Waals surface area contributed by atoms with Crippen LogP contribution < -0.4 is 10.1 Å². The van der Waals surface area contributed by atoms with Gasteiger partial charge >= 0.3 is 0 Å². The van der Waals surface area contributed by atoms with Gasteiger partial charge in [-0.25, -0.2) is 21.5 Å². The lowest BCUT2D eigenvalue weighted by Crippen LogP contribution is -2.43. The van der Waals surface area contributed by atoms with E-state index in [0.717, 1.165) is 23.5 Å². The Bertz CT molecular complexity index is 731. The van der Waals surface area contributed by atoms with Crippen LogP contribution in [0.4, 0.5) is 8.78 Å². The van der Waals surface area contributed by atoms with E-state index < -0.39 is 45.3 Å². The molecular weight excluding hydrogens is 358 g/mol. The molecule has 1 aromatic rings. The maximum atomic E-state index is 13.7. The topological polar surface area (TPSA) is 84.9 Å². The lowest BCUT2D eigenvalue weighted by molar-refractivity contribution is 0.0925. The van der Waals surface area contributed by atoms with Crippen LogP contribution in [0.25, 0.3) is 0 Å². The van der Waals surface area contributed by atoms with Crippen molar-refractivity contribution in [1.82, 2.24) is 9.62 Å². The molecule has 0 spiro atoms. The van der Waals surface area contributed by atoms with Gasteiger partial charge in [0.2, 0.25) is 10.0 Å². The number of nitrogens with zero attached hydrogens (tertiary/aromatic N) is 1. The summed E-state index contributed by atoms with van der Waals surface area (Å²) < 4.78 is 62.3. The van der Waals surface area contributed by atoms with Gasteiger partial charge in [-0.15, -0.1) is 0 Å². The molecule has 0 unspecified atom stereocenters. The summed E-state index contributed by atoms with van der Waals surface area (Å²) in [7, 11) is 0.483. The number of carbonyl (C=O) groups is 1. The van der Waals surface area contributed by atoms with E-state index in [0.29, 0.717) is 0 Å². The van der Waals surface area contributed by atoms with Crippen LogP contribution in [0.2, 0.25) is 0 Å². The van der Waals surface area contributed by atoms with Crippen LogP contribution in [0.5, 0.6) is 5.75 Å². The molecule has 25 heavy (non-hydrogen) atoms. The predicted octanol–water partition coefficient (Wildman–Crippen LogP) is 0.610. The van der Waals surface area contributed by atoms with E-state index in [1.54, 1.807) is 0 Å². The molecule has 2 rings (SSSR count). The molecule has 1 N–H and O–H groups in total. The quantitative estimate of drug-likeness (QED) is 0.784. The molecule has 10 heteroatoms. The van der Waals surface area contributed by atoms with Crippen molar-refractivity contribution in [3.63, 3.8) is 0 Å². The van der Waals surface area contributed by atoms with Crippen LogP contribution in [0, 0.1) is 17.6 Å². The summed E-state index contributed by atoms with van der Waals surface area (Å²) in [5.74, 6) is -3.94. The number of amides is 1. The number of methoxy groups -OCH3 is 1. The van der Waals surface area contributed by atoms with E-state index >= 15 is 0 Å². The normalized spacial score (nSPS) is 20.7. The molecule has 1 aliphatic rings. The summed E-state index contributed by atoms with van der Waals surface area (Å²) in [5.41, 5.74) is -0.225. The number of nitrogens with one attached hydrogen (secondary N) is 1. The largest absolute Gasteiger partial charge is 0.491 e. The predicted molar refractivity (Wildman–Crippen MR) is 85.9 cm³/mol. The third kappa shape index (κ3) is 4.44. The van der Waals surface area contributed by atoms with Crippen molar-refractivity contribution in [3.8, 4) is 5.75 Å². The minimum atomic E-state index is -3.47. The highest BCUT2D eigenvalue weighted by Gasteiger charge is 2.34. The molecule has 1 amide bonds. The maximum absolute atomic E-state index is 13.7. The van der Waals surface area contributed by atoms with E-state index in [1.807, 2.05) is 0 Å². The monoisotopic (exact) mass is 378 g/mol. The summed E-state index contributed by atoms with van der Waals surface area (Å²) in [6, 6.07) is 1.15. The molecule has 1 fully saturated rings. The molecule has 1 aliphatic heterocycles. The Morgan fingerprint density at radius 2 is 1.92 bits per heavy atom. The van der Waals surface area contributed by atoms with E-state index in [9.17, 15) is 22.0 Å². The number of halogens is 2. The number of sulfonamides is 1. The fourth-order valence-electron chi connectivity index (χ4n) is 2.48. The lowest BCUT2D eigenvalue weighted by Gasteiger charge is -2.21. The second-order valence-corrected chi connectivity index (χ2v) is 8.14. The van der Waals surface area contributed by atoms with Gasteiger partial charge in [-0.1, -0.05) is 0 Å². The SMILES string of the molecule is COc1c(F)cc(C(=O)N[C@H]2COC[C@H]2CS(=O)(=O)N(C)C)cc1F. The van der Waals surface area contributed by atoms with Gasteiger partial charge < -0.3 is 14.8 Å². The van der Waals surface area contributed by atoms with Crippen LogP contribution in [-0.4, -0.2) is 64.8 Å². The van der Waals surface area contributed by atoms with Crippen LogP contribution in [-0.2, 0) is 14.8 Å². The molecule has 140 valence electrons. The molecule has 0 radical (unpaired) electrons. The zero-order chi connectivity index (χ0) is 18.8. The summed E-state index contributed by atoms with van der Waals surface area (Å²) in [6.45, 7) is 0.295. The Balaban J connectivity index is 2.12. The van der Waals surface area contributed by atoms with Crippen molar-refractivity contribution in [3.05, 3.63) is 29.3 Å². The second kappa shape index (κ2) is 7.63. The standard InChI is InChI=1S/C15H20F2N2O5S/c1-19(2)25(21,22)8-10-6-24-7-13(10)18-15(20)9-4-11(16)14(23-3)12(17)5-9/h4-5,10,13H,6-8H2,1-3H3,(H,18,20)/t10-,13-/m0/s1. The highest BCUT2D eigenvalue weighted by atomic mass is 32.2. The highest BCUT2D eigenvalue weighted by Crippen LogP contribution is 2.23. The first kappa shape index (κ1) is 19.5. The van der Waals surface area contributed by atoms with Gasteiger partial charge in [-0.05, 0) is 12.1 Å². The minimum absolute atomic E-state index is 0.125. The molecule has 0 aromatic heterocycles. The number of carbonyl (C=O) groups excluding carboxylic acids is 1. The molecular formula is C15H20F2N2O5S. The zero-order valence-corrected chi connectivity index (χ0v) is 14.9. The van der Waals surface area contributed by atoms with Gasteiger partial charge in [0.1, 0.15) is 0 Å². The van der Waals surface area contributed by atoms with E-state index in [1.165, 1.54) is 14.1 Å². The highest BCUT2D eigenvalue weighted by molar-refractivity contribution is 7.89. The Kier molecular flexibility index (Phi) is 5.96. The summed E-state index contributed by atoms with van der Waals surface area (Å²) in [4.78, 5) is 12.2. The molecule has 0 bridgehead atoms. The van der Waals surface area contributed by atoms with Gasteiger partial charge in [0.25, 0.3) is 5.91 Å². The van der Waals surface area contributed by atoms with Crippen LogP contribution >= 0.6 is 0 Å². The van der Waals surface area contributed by atoms with Crippen molar-refractivity contribution in [2.75, 3.05) is 40.2 Å². The fraction of sp³-hybridized carbons (Fsp3) is 0.533. The smallest absolute Gasteiger partial charge is 0.251 e. The Labute approximate surface area is 145 Å². The molecule has 1 saturated heterocycles. The molecule has 0 aliphatic carbocycles.